The summed E-state index contributed by atoms with van der Waals surface area (Å²) in [7, 11) is 0. The van der Waals surface area contributed by atoms with Crippen molar-refractivity contribution in [1.29, 1.82) is 0 Å². The first kappa shape index (κ1) is 16.0. The lowest BCUT2D eigenvalue weighted by Gasteiger charge is -2.27. The zero-order chi connectivity index (χ0) is 14.3. The summed E-state index contributed by atoms with van der Waals surface area (Å²) in [6.07, 6.45) is 2.20. The number of hydrogen-bond donors (Lipinski definition) is 1. The van der Waals surface area contributed by atoms with Gasteiger partial charge in [0.1, 0.15) is 5.82 Å². The maximum atomic E-state index is 4.82. The highest BCUT2D eigenvalue weighted by Gasteiger charge is 2.11. The molecule has 0 saturated heterocycles. The van der Waals surface area contributed by atoms with Gasteiger partial charge >= 0.3 is 0 Å². The lowest BCUT2D eigenvalue weighted by Crippen LogP contribution is -2.31. The first-order valence-electron chi connectivity index (χ1n) is 7.59. The lowest BCUT2D eigenvalue weighted by atomic mass is 10.1. The summed E-state index contributed by atoms with van der Waals surface area (Å²) in [5, 5.41) is 3.40. The van der Waals surface area contributed by atoms with E-state index in [1.165, 1.54) is 11.3 Å². The van der Waals surface area contributed by atoms with Crippen LogP contribution in [-0.4, -0.2) is 24.1 Å². The van der Waals surface area contributed by atoms with Gasteiger partial charge in [-0.25, -0.2) is 4.98 Å². The van der Waals surface area contributed by atoms with Crippen molar-refractivity contribution >= 4 is 5.82 Å². The Labute approximate surface area is 118 Å². The van der Waals surface area contributed by atoms with E-state index in [-0.39, 0.29) is 0 Å². The molecule has 0 aliphatic rings. The van der Waals surface area contributed by atoms with Crippen LogP contribution in [0.2, 0.25) is 0 Å². The third kappa shape index (κ3) is 4.83. The van der Waals surface area contributed by atoms with Crippen molar-refractivity contribution in [2.45, 2.75) is 60.0 Å². The molecule has 108 valence electrons. The van der Waals surface area contributed by atoms with Crippen LogP contribution in [0.4, 0.5) is 5.82 Å². The fourth-order valence-electron chi connectivity index (χ4n) is 2.33. The predicted molar refractivity (Wildman–Crippen MR) is 83.8 cm³/mol. The zero-order valence-electron chi connectivity index (χ0n) is 13.2. The number of aromatic nitrogens is 1. The molecule has 0 aliphatic heterocycles. The van der Waals surface area contributed by atoms with Gasteiger partial charge in [-0.1, -0.05) is 20.3 Å². The van der Waals surface area contributed by atoms with Gasteiger partial charge in [0, 0.05) is 24.8 Å². The van der Waals surface area contributed by atoms with Gasteiger partial charge in [-0.2, -0.15) is 0 Å². The smallest absolute Gasteiger partial charge is 0.129 e. The number of aryl methyl sites for hydroxylation is 1. The summed E-state index contributed by atoms with van der Waals surface area (Å²) >= 11 is 0. The molecule has 3 nitrogen and oxygen atoms in total. The molecule has 0 radical (unpaired) electrons. The number of nitrogens with one attached hydrogen (secondary N) is 1. The summed E-state index contributed by atoms with van der Waals surface area (Å²) in [5.41, 5.74) is 2.56. The maximum absolute atomic E-state index is 4.82. The average molecular weight is 263 g/mol. The topological polar surface area (TPSA) is 28.2 Å². The minimum Gasteiger partial charge on any atom is -0.354 e. The second-order valence-corrected chi connectivity index (χ2v) is 5.24. The van der Waals surface area contributed by atoms with Crippen molar-refractivity contribution in [3.63, 3.8) is 0 Å². The van der Waals surface area contributed by atoms with E-state index in [0.29, 0.717) is 6.04 Å². The third-order valence-corrected chi connectivity index (χ3v) is 3.27. The molecule has 0 amide bonds. The largest absolute Gasteiger partial charge is 0.354 e. The zero-order valence-corrected chi connectivity index (χ0v) is 13.2. The molecule has 1 heterocycles. The predicted octanol–water partition coefficient (Wildman–Crippen LogP) is 3.38. The molecular formula is C16H29N3. The Morgan fingerprint density at radius 1 is 1.21 bits per heavy atom. The highest BCUT2D eigenvalue weighted by molar-refractivity contribution is 5.43. The summed E-state index contributed by atoms with van der Waals surface area (Å²) < 4.78 is 0. The molecule has 0 fully saturated rings. The Morgan fingerprint density at radius 3 is 2.47 bits per heavy atom. The molecule has 1 aromatic rings. The molecule has 0 unspecified atom stereocenters. The quantitative estimate of drug-likeness (QED) is 0.779. The highest BCUT2D eigenvalue weighted by atomic mass is 15.2. The van der Waals surface area contributed by atoms with Crippen LogP contribution in [0.1, 0.15) is 52.3 Å². The molecule has 0 saturated carbocycles. The first-order valence-corrected chi connectivity index (χ1v) is 7.59. The van der Waals surface area contributed by atoms with Gasteiger partial charge < -0.3 is 10.2 Å². The van der Waals surface area contributed by atoms with Crippen molar-refractivity contribution in [2.24, 2.45) is 0 Å². The Bertz CT molecular complexity index is 374. The summed E-state index contributed by atoms with van der Waals surface area (Å²) in [6, 6.07) is 4.95. The van der Waals surface area contributed by atoms with Crippen LogP contribution in [0.3, 0.4) is 0 Å². The molecular weight excluding hydrogens is 234 g/mol. The number of rotatable bonds is 8. The van der Waals surface area contributed by atoms with E-state index < -0.39 is 0 Å². The fourth-order valence-corrected chi connectivity index (χ4v) is 2.33. The van der Waals surface area contributed by atoms with E-state index in [1.807, 2.05) is 0 Å². The second-order valence-electron chi connectivity index (χ2n) is 5.24. The molecule has 3 heteroatoms. The van der Waals surface area contributed by atoms with Crippen molar-refractivity contribution < 1.29 is 0 Å². The summed E-state index contributed by atoms with van der Waals surface area (Å²) in [5.74, 6) is 1.12. The van der Waals surface area contributed by atoms with E-state index in [2.05, 4.69) is 57.0 Å². The number of pyridine rings is 1. The summed E-state index contributed by atoms with van der Waals surface area (Å²) in [4.78, 5) is 7.18. The van der Waals surface area contributed by atoms with E-state index in [4.69, 9.17) is 4.98 Å². The van der Waals surface area contributed by atoms with Gasteiger partial charge in [-0.05, 0) is 51.4 Å². The highest BCUT2D eigenvalue weighted by Crippen LogP contribution is 2.18. The van der Waals surface area contributed by atoms with Crippen molar-refractivity contribution in [1.82, 2.24) is 10.3 Å². The minimum atomic E-state index is 0.487. The normalized spacial score (nSPS) is 11.1. The SMILES string of the molecule is CCCc1cc(CNCC)cc(N(CC)C(C)C)n1. The van der Waals surface area contributed by atoms with Gasteiger partial charge in [-0.3, -0.25) is 0 Å². The van der Waals surface area contributed by atoms with E-state index in [1.54, 1.807) is 0 Å². The van der Waals surface area contributed by atoms with Crippen LogP contribution >= 0.6 is 0 Å². The second kappa shape index (κ2) is 8.16. The van der Waals surface area contributed by atoms with Gasteiger partial charge in [0.05, 0.1) is 0 Å². The van der Waals surface area contributed by atoms with Crippen LogP contribution < -0.4 is 10.2 Å². The fraction of sp³-hybridized carbons (Fsp3) is 0.688. The molecule has 1 rings (SSSR count). The van der Waals surface area contributed by atoms with Crippen LogP contribution in [0.5, 0.6) is 0 Å². The van der Waals surface area contributed by atoms with E-state index in [0.717, 1.165) is 38.3 Å². The van der Waals surface area contributed by atoms with E-state index in [9.17, 15) is 0 Å². The molecule has 0 atom stereocenters. The minimum absolute atomic E-state index is 0.487. The Kier molecular flexibility index (Phi) is 6.85. The average Bonchev–Trinajstić information content (AvgIpc) is 2.37. The van der Waals surface area contributed by atoms with Crippen molar-refractivity contribution in [3.05, 3.63) is 23.4 Å². The van der Waals surface area contributed by atoms with Crippen LogP contribution in [0.15, 0.2) is 12.1 Å². The molecule has 1 aromatic heterocycles. The molecule has 0 spiro atoms. The number of hydrogen-bond acceptors (Lipinski definition) is 3. The van der Waals surface area contributed by atoms with Gasteiger partial charge in [-0.15, -0.1) is 0 Å². The van der Waals surface area contributed by atoms with Gasteiger partial charge in [0.25, 0.3) is 0 Å². The number of anilines is 1. The molecule has 0 aliphatic carbocycles. The third-order valence-electron chi connectivity index (χ3n) is 3.27. The van der Waals surface area contributed by atoms with Crippen LogP contribution in [-0.2, 0) is 13.0 Å². The first-order chi connectivity index (χ1) is 9.12. The van der Waals surface area contributed by atoms with Gasteiger partial charge in [0.2, 0.25) is 0 Å². The summed E-state index contributed by atoms with van der Waals surface area (Å²) in [6.45, 7) is 13.9. The van der Waals surface area contributed by atoms with Crippen molar-refractivity contribution in [2.75, 3.05) is 18.0 Å². The van der Waals surface area contributed by atoms with Crippen LogP contribution in [0, 0.1) is 0 Å². The Balaban J connectivity index is 3.03. The van der Waals surface area contributed by atoms with Crippen molar-refractivity contribution in [3.8, 4) is 0 Å². The Morgan fingerprint density at radius 2 is 1.95 bits per heavy atom. The molecule has 19 heavy (non-hydrogen) atoms. The lowest BCUT2D eigenvalue weighted by molar-refractivity contribution is 0.683. The van der Waals surface area contributed by atoms with Gasteiger partial charge in [0.15, 0.2) is 0 Å². The standard InChI is InChI=1S/C16H29N3/c1-6-9-15-10-14(12-17-7-2)11-16(18-15)19(8-3)13(4)5/h10-11,13,17H,6-9,12H2,1-5H3. The molecule has 0 bridgehead atoms. The molecule has 0 aromatic carbocycles. The number of nitrogens with zero attached hydrogens (tertiary/aromatic N) is 2. The monoisotopic (exact) mass is 263 g/mol. The van der Waals surface area contributed by atoms with E-state index >= 15 is 0 Å². The Hall–Kier alpha value is -1.09. The maximum Gasteiger partial charge on any atom is 0.129 e. The van der Waals surface area contributed by atoms with Crippen LogP contribution in [0.25, 0.3) is 0 Å². The molecule has 1 N–H and O–H groups in total.